The van der Waals surface area contributed by atoms with Crippen LogP contribution in [0.15, 0.2) is 24.5 Å². The van der Waals surface area contributed by atoms with E-state index in [-0.39, 0.29) is 18.6 Å². The third-order valence-electron chi connectivity index (χ3n) is 2.95. The number of ketones is 2. The van der Waals surface area contributed by atoms with Crippen LogP contribution in [0.1, 0.15) is 12.8 Å². The van der Waals surface area contributed by atoms with Gasteiger partial charge in [-0.05, 0) is 12.1 Å². The average Bonchev–Trinajstić information content (AvgIpc) is 2.76. The smallest absolute Gasteiger partial charge is 0.338 e. The SMILES string of the molecule is O=C1CC(I)C(=O)C(C(=O)O)(n2cccc2)C1. The lowest BCUT2D eigenvalue weighted by molar-refractivity contribution is -0.157. The molecule has 90 valence electrons. The van der Waals surface area contributed by atoms with Gasteiger partial charge in [-0.3, -0.25) is 9.59 Å². The second kappa shape index (κ2) is 4.25. The van der Waals surface area contributed by atoms with Crippen LogP contribution in [0.4, 0.5) is 0 Å². The average molecular weight is 347 g/mol. The number of hydrogen-bond donors (Lipinski definition) is 1. The zero-order valence-corrected chi connectivity index (χ0v) is 11.0. The first-order valence-corrected chi connectivity index (χ1v) is 6.30. The van der Waals surface area contributed by atoms with Gasteiger partial charge in [-0.1, -0.05) is 22.6 Å². The Balaban J connectivity index is 2.57. The van der Waals surface area contributed by atoms with Gasteiger partial charge in [-0.25, -0.2) is 4.79 Å². The molecule has 2 rings (SSSR count). The van der Waals surface area contributed by atoms with E-state index in [9.17, 15) is 19.5 Å². The maximum atomic E-state index is 12.2. The van der Waals surface area contributed by atoms with Crippen molar-refractivity contribution in [3.05, 3.63) is 24.5 Å². The number of nitrogens with zero attached hydrogens (tertiary/aromatic N) is 1. The van der Waals surface area contributed by atoms with Gasteiger partial charge in [0.1, 0.15) is 5.78 Å². The Morgan fingerprint density at radius 3 is 2.53 bits per heavy atom. The predicted molar refractivity (Wildman–Crippen MR) is 67.1 cm³/mol. The number of hydrogen-bond acceptors (Lipinski definition) is 3. The Bertz CT molecular complexity index is 482. The first-order chi connectivity index (χ1) is 7.98. The van der Waals surface area contributed by atoms with E-state index in [1.165, 1.54) is 17.0 Å². The third-order valence-corrected chi connectivity index (χ3v) is 3.96. The van der Waals surface area contributed by atoms with Gasteiger partial charge in [0.25, 0.3) is 0 Å². The summed E-state index contributed by atoms with van der Waals surface area (Å²) in [6.07, 6.45) is 2.87. The fourth-order valence-corrected chi connectivity index (χ4v) is 3.10. The molecule has 1 aliphatic rings. The Labute approximate surface area is 111 Å². The lowest BCUT2D eigenvalue weighted by Crippen LogP contribution is -2.56. The molecule has 1 heterocycles. The number of halogens is 1. The second-order valence-electron chi connectivity index (χ2n) is 4.01. The van der Waals surface area contributed by atoms with Crippen molar-refractivity contribution in [2.24, 2.45) is 0 Å². The Morgan fingerprint density at radius 1 is 1.41 bits per heavy atom. The first kappa shape index (κ1) is 12.3. The zero-order valence-electron chi connectivity index (χ0n) is 8.80. The summed E-state index contributed by atoms with van der Waals surface area (Å²) >= 11 is 1.83. The minimum absolute atomic E-state index is 0.121. The fraction of sp³-hybridized carbons (Fsp3) is 0.364. The highest BCUT2D eigenvalue weighted by molar-refractivity contribution is 14.1. The number of aromatic nitrogens is 1. The number of carboxylic acid groups (broad SMARTS) is 1. The molecule has 2 atom stereocenters. The van der Waals surface area contributed by atoms with Crippen LogP contribution in [-0.2, 0) is 19.9 Å². The van der Waals surface area contributed by atoms with E-state index >= 15 is 0 Å². The van der Waals surface area contributed by atoms with Crippen molar-refractivity contribution in [1.29, 1.82) is 0 Å². The molecule has 17 heavy (non-hydrogen) atoms. The lowest BCUT2D eigenvalue weighted by atomic mass is 9.79. The van der Waals surface area contributed by atoms with E-state index in [1.807, 2.05) is 22.6 Å². The Kier molecular flexibility index (Phi) is 3.07. The van der Waals surface area contributed by atoms with Crippen LogP contribution >= 0.6 is 22.6 Å². The third kappa shape index (κ3) is 1.80. The van der Waals surface area contributed by atoms with Crippen LogP contribution in [0, 0.1) is 0 Å². The van der Waals surface area contributed by atoms with Crippen molar-refractivity contribution in [3.63, 3.8) is 0 Å². The van der Waals surface area contributed by atoms with E-state index in [4.69, 9.17) is 0 Å². The number of carbonyl (C=O) groups is 3. The standard InChI is InChI=1S/C11H10INO4/c12-8-5-7(14)6-11(9(8)15,10(16)17)13-3-1-2-4-13/h1-4,8H,5-6H2,(H,16,17). The van der Waals surface area contributed by atoms with E-state index in [0.29, 0.717) is 0 Å². The molecule has 5 nitrogen and oxygen atoms in total. The van der Waals surface area contributed by atoms with Gasteiger partial charge in [0.05, 0.1) is 3.92 Å². The fourth-order valence-electron chi connectivity index (χ4n) is 2.10. The summed E-state index contributed by atoms with van der Waals surface area (Å²) in [6, 6.07) is 3.28. The van der Waals surface area contributed by atoms with Gasteiger partial charge in [0.2, 0.25) is 5.54 Å². The van der Waals surface area contributed by atoms with Gasteiger partial charge in [0.15, 0.2) is 5.78 Å². The maximum absolute atomic E-state index is 12.2. The molecule has 1 fully saturated rings. The molecule has 1 aromatic rings. The van der Waals surface area contributed by atoms with Crippen molar-refractivity contribution < 1.29 is 19.5 Å². The molecular formula is C11H10INO4. The molecule has 0 aliphatic heterocycles. The lowest BCUT2D eigenvalue weighted by Gasteiger charge is -2.34. The van der Waals surface area contributed by atoms with Gasteiger partial charge in [-0.2, -0.15) is 0 Å². The minimum Gasteiger partial charge on any atom is -0.479 e. The minimum atomic E-state index is -1.76. The van der Waals surface area contributed by atoms with Crippen molar-refractivity contribution in [2.75, 3.05) is 0 Å². The summed E-state index contributed by atoms with van der Waals surface area (Å²) in [4.78, 5) is 35.3. The molecule has 2 unspecified atom stereocenters. The molecule has 6 heteroatoms. The molecule has 1 aromatic heterocycles. The van der Waals surface area contributed by atoms with Crippen molar-refractivity contribution in [2.45, 2.75) is 22.3 Å². The summed E-state index contributed by atoms with van der Waals surface area (Å²) in [6.45, 7) is 0. The number of alkyl halides is 1. The van der Waals surface area contributed by atoms with Crippen molar-refractivity contribution in [3.8, 4) is 0 Å². The molecule has 0 aromatic carbocycles. The van der Waals surface area contributed by atoms with Gasteiger partial charge >= 0.3 is 5.97 Å². The van der Waals surface area contributed by atoms with Crippen molar-refractivity contribution >= 4 is 40.1 Å². The van der Waals surface area contributed by atoms with E-state index in [0.717, 1.165) is 0 Å². The van der Waals surface area contributed by atoms with Crippen LogP contribution in [0.3, 0.4) is 0 Å². The summed E-state index contributed by atoms with van der Waals surface area (Å²) in [5.41, 5.74) is -1.76. The number of Topliss-reactive ketones (excluding diaryl/α,β-unsaturated/α-hetero) is 2. The second-order valence-corrected chi connectivity index (χ2v) is 5.51. The predicted octanol–water partition coefficient (Wildman–Crippen LogP) is 1.00. The summed E-state index contributed by atoms with van der Waals surface area (Å²) < 4.78 is 0.743. The molecule has 0 amide bonds. The largest absolute Gasteiger partial charge is 0.479 e. The van der Waals surface area contributed by atoms with Crippen molar-refractivity contribution in [1.82, 2.24) is 4.57 Å². The van der Waals surface area contributed by atoms with Crippen LogP contribution in [0.2, 0.25) is 0 Å². The highest BCUT2D eigenvalue weighted by Crippen LogP contribution is 2.34. The Hall–Kier alpha value is -1.18. The van der Waals surface area contributed by atoms with E-state index in [1.54, 1.807) is 12.1 Å². The summed E-state index contributed by atoms with van der Waals surface area (Å²) in [5.74, 6) is -1.88. The van der Waals surface area contributed by atoms with E-state index in [2.05, 4.69) is 0 Å². The number of carbonyl (C=O) groups excluding carboxylic acids is 2. The number of rotatable bonds is 2. The highest BCUT2D eigenvalue weighted by Gasteiger charge is 2.54. The highest BCUT2D eigenvalue weighted by atomic mass is 127. The quantitative estimate of drug-likeness (QED) is 0.492. The topological polar surface area (TPSA) is 76.4 Å². The Morgan fingerprint density at radius 2 is 2.00 bits per heavy atom. The summed E-state index contributed by atoms with van der Waals surface area (Å²) in [5, 5.41) is 9.37. The molecule has 1 aliphatic carbocycles. The molecule has 0 spiro atoms. The monoisotopic (exact) mass is 347 g/mol. The zero-order chi connectivity index (χ0) is 12.6. The first-order valence-electron chi connectivity index (χ1n) is 5.05. The molecule has 1 saturated carbocycles. The van der Waals surface area contributed by atoms with Crippen LogP contribution in [0.5, 0.6) is 0 Å². The van der Waals surface area contributed by atoms with Crippen LogP contribution in [0.25, 0.3) is 0 Å². The van der Waals surface area contributed by atoms with E-state index < -0.39 is 21.2 Å². The molecule has 0 saturated heterocycles. The van der Waals surface area contributed by atoms with Gasteiger partial charge in [-0.15, -0.1) is 0 Å². The number of carboxylic acids is 1. The molecular weight excluding hydrogens is 337 g/mol. The molecule has 0 radical (unpaired) electrons. The van der Waals surface area contributed by atoms with Gasteiger partial charge in [0, 0.05) is 25.2 Å². The number of aliphatic carboxylic acids is 1. The van der Waals surface area contributed by atoms with Crippen LogP contribution < -0.4 is 0 Å². The molecule has 1 N–H and O–H groups in total. The van der Waals surface area contributed by atoms with Crippen LogP contribution in [-0.4, -0.2) is 31.1 Å². The molecule has 0 bridgehead atoms. The normalized spacial score (nSPS) is 29.4. The maximum Gasteiger partial charge on any atom is 0.338 e. The summed E-state index contributed by atoms with van der Waals surface area (Å²) in [7, 11) is 0. The van der Waals surface area contributed by atoms with Gasteiger partial charge < -0.3 is 9.67 Å².